The number of nitrogens with zero attached hydrogens (tertiary/aromatic N) is 2. The molecule has 0 bridgehead atoms. The van der Waals surface area contributed by atoms with Crippen LogP contribution in [0.3, 0.4) is 0 Å². The quantitative estimate of drug-likeness (QED) is 0.489. The molecule has 11 heteroatoms. The van der Waals surface area contributed by atoms with Crippen molar-refractivity contribution >= 4 is 5.91 Å². The zero-order valence-electron chi connectivity index (χ0n) is 19.0. The van der Waals surface area contributed by atoms with Gasteiger partial charge in [0.2, 0.25) is 0 Å². The van der Waals surface area contributed by atoms with Crippen LogP contribution in [0.1, 0.15) is 27.0 Å². The SMILES string of the molecule is COCCN(CC1CN(Cc2ccc(C(F)(F)F)cc2)CCO1)C(=O)c1cccc(C(F)(F)F)c1. The van der Waals surface area contributed by atoms with Crippen LogP contribution >= 0.6 is 0 Å². The molecule has 3 rings (SSSR count). The highest BCUT2D eigenvalue weighted by molar-refractivity contribution is 5.94. The van der Waals surface area contributed by atoms with E-state index >= 15 is 0 Å². The zero-order valence-corrected chi connectivity index (χ0v) is 19.0. The highest BCUT2D eigenvalue weighted by atomic mass is 19.4. The van der Waals surface area contributed by atoms with Crippen molar-refractivity contribution in [3.05, 3.63) is 70.8 Å². The van der Waals surface area contributed by atoms with E-state index in [1.165, 1.54) is 36.3 Å². The minimum atomic E-state index is -4.57. The Morgan fingerprint density at radius 1 is 1.06 bits per heavy atom. The number of hydrogen-bond donors (Lipinski definition) is 0. The van der Waals surface area contributed by atoms with Crippen LogP contribution in [0.2, 0.25) is 0 Å². The summed E-state index contributed by atoms with van der Waals surface area (Å²) in [5, 5.41) is 0. The van der Waals surface area contributed by atoms with Crippen LogP contribution in [-0.2, 0) is 28.4 Å². The number of methoxy groups -OCH3 is 1. The van der Waals surface area contributed by atoms with Crippen molar-refractivity contribution in [1.82, 2.24) is 9.80 Å². The number of carbonyl (C=O) groups is 1. The summed E-state index contributed by atoms with van der Waals surface area (Å²) in [6.07, 6.45) is -9.40. The van der Waals surface area contributed by atoms with E-state index in [0.29, 0.717) is 31.8 Å². The van der Waals surface area contributed by atoms with Gasteiger partial charge in [0.1, 0.15) is 0 Å². The fourth-order valence-corrected chi connectivity index (χ4v) is 3.83. The van der Waals surface area contributed by atoms with Gasteiger partial charge in [-0.05, 0) is 35.9 Å². The largest absolute Gasteiger partial charge is 0.416 e. The van der Waals surface area contributed by atoms with E-state index in [9.17, 15) is 31.1 Å². The lowest BCUT2D eigenvalue weighted by Crippen LogP contribution is -2.49. The Labute approximate surface area is 199 Å². The molecular weight excluding hydrogens is 478 g/mol. The zero-order chi connectivity index (χ0) is 25.6. The van der Waals surface area contributed by atoms with Crippen molar-refractivity contribution in [2.45, 2.75) is 25.0 Å². The third-order valence-corrected chi connectivity index (χ3v) is 5.62. The topological polar surface area (TPSA) is 42.0 Å². The van der Waals surface area contributed by atoms with Gasteiger partial charge < -0.3 is 14.4 Å². The highest BCUT2D eigenvalue weighted by Gasteiger charge is 2.32. The summed E-state index contributed by atoms with van der Waals surface area (Å²) in [5.74, 6) is -0.573. The number of alkyl halides is 6. The molecule has 1 aliphatic rings. The number of carbonyl (C=O) groups excluding carboxylic acids is 1. The molecule has 1 unspecified atom stereocenters. The molecule has 1 atom stereocenters. The number of amides is 1. The molecule has 2 aromatic carbocycles. The molecule has 1 amide bonds. The molecule has 1 saturated heterocycles. The molecule has 2 aromatic rings. The van der Waals surface area contributed by atoms with Crippen molar-refractivity contribution in [3.8, 4) is 0 Å². The van der Waals surface area contributed by atoms with E-state index in [4.69, 9.17) is 9.47 Å². The third kappa shape index (κ3) is 7.68. The van der Waals surface area contributed by atoms with Gasteiger partial charge in [-0.15, -0.1) is 0 Å². The lowest BCUT2D eigenvalue weighted by Gasteiger charge is -2.36. The maximum Gasteiger partial charge on any atom is 0.416 e. The molecule has 1 fully saturated rings. The smallest absolute Gasteiger partial charge is 0.383 e. The van der Waals surface area contributed by atoms with Crippen molar-refractivity contribution in [3.63, 3.8) is 0 Å². The fourth-order valence-electron chi connectivity index (χ4n) is 3.83. The number of rotatable bonds is 8. The standard InChI is InChI=1S/C24H26F6N2O3/c1-34-11-10-32(22(33)18-3-2-4-20(13-18)24(28,29)30)16-21-15-31(9-12-35-21)14-17-5-7-19(8-6-17)23(25,26)27/h2-8,13,21H,9-12,14-16H2,1H3. The second-order valence-electron chi connectivity index (χ2n) is 8.25. The minimum Gasteiger partial charge on any atom is -0.383 e. The first-order valence-electron chi connectivity index (χ1n) is 10.9. The van der Waals surface area contributed by atoms with Crippen molar-refractivity contribution in [2.24, 2.45) is 0 Å². The Morgan fingerprint density at radius 3 is 2.37 bits per heavy atom. The minimum absolute atomic E-state index is 0.0895. The van der Waals surface area contributed by atoms with Gasteiger partial charge in [0.15, 0.2) is 0 Å². The van der Waals surface area contributed by atoms with Crippen LogP contribution in [0.5, 0.6) is 0 Å². The summed E-state index contributed by atoms with van der Waals surface area (Å²) in [5.41, 5.74) is -1.02. The second kappa shape index (κ2) is 11.4. The number of halogens is 6. The monoisotopic (exact) mass is 504 g/mol. The first kappa shape index (κ1) is 27.0. The van der Waals surface area contributed by atoms with Gasteiger partial charge in [-0.3, -0.25) is 9.69 Å². The Bertz CT molecular complexity index is 978. The van der Waals surface area contributed by atoms with Crippen LogP contribution in [0, 0.1) is 0 Å². The predicted octanol–water partition coefficient (Wildman–Crippen LogP) is 4.71. The van der Waals surface area contributed by atoms with Gasteiger partial charge in [0.05, 0.1) is 30.4 Å². The number of ether oxygens (including phenoxy) is 2. The van der Waals surface area contributed by atoms with Gasteiger partial charge in [0, 0.05) is 45.4 Å². The van der Waals surface area contributed by atoms with Gasteiger partial charge >= 0.3 is 12.4 Å². The summed E-state index contributed by atoms with van der Waals surface area (Å²) in [4.78, 5) is 16.4. The van der Waals surface area contributed by atoms with E-state index in [1.807, 2.05) is 4.90 Å². The molecule has 0 N–H and O–H groups in total. The molecular formula is C24H26F6N2O3. The van der Waals surface area contributed by atoms with Crippen molar-refractivity contribution < 1.29 is 40.6 Å². The van der Waals surface area contributed by atoms with Crippen LogP contribution < -0.4 is 0 Å². The summed E-state index contributed by atoms with van der Waals surface area (Å²) >= 11 is 0. The van der Waals surface area contributed by atoms with Crippen LogP contribution in [-0.4, -0.2) is 68.3 Å². The Balaban J connectivity index is 1.66. The number of hydrogen-bond acceptors (Lipinski definition) is 4. The van der Waals surface area contributed by atoms with Gasteiger partial charge in [-0.2, -0.15) is 26.3 Å². The van der Waals surface area contributed by atoms with Gasteiger partial charge in [0.25, 0.3) is 5.91 Å². The molecule has 5 nitrogen and oxygen atoms in total. The molecule has 35 heavy (non-hydrogen) atoms. The summed E-state index contributed by atoms with van der Waals surface area (Å²) in [6, 6.07) is 9.16. The summed E-state index contributed by atoms with van der Waals surface area (Å²) in [7, 11) is 1.45. The van der Waals surface area contributed by atoms with Crippen molar-refractivity contribution in [1.29, 1.82) is 0 Å². The Hall–Kier alpha value is -2.63. The molecule has 1 aliphatic heterocycles. The lowest BCUT2D eigenvalue weighted by atomic mass is 10.1. The van der Waals surface area contributed by atoms with E-state index in [2.05, 4.69) is 0 Å². The highest BCUT2D eigenvalue weighted by Crippen LogP contribution is 2.30. The molecule has 0 saturated carbocycles. The van der Waals surface area contributed by atoms with Crippen LogP contribution in [0.4, 0.5) is 26.3 Å². The normalized spacial score (nSPS) is 17.4. The van der Waals surface area contributed by atoms with Crippen molar-refractivity contribution in [2.75, 3.05) is 46.5 Å². The maximum atomic E-state index is 13.1. The molecule has 0 aromatic heterocycles. The molecule has 0 spiro atoms. The first-order chi connectivity index (χ1) is 16.5. The second-order valence-corrected chi connectivity index (χ2v) is 8.25. The average molecular weight is 504 g/mol. The van der Waals surface area contributed by atoms with E-state index < -0.39 is 35.5 Å². The molecule has 1 heterocycles. The van der Waals surface area contributed by atoms with E-state index in [-0.39, 0.29) is 25.3 Å². The van der Waals surface area contributed by atoms with Gasteiger partial charge in [-0.1, -0.05) is 18.2 Å². The maximum absolute atomic E-state index is 13.1. The number of benzene rings is 2. The molecule has 0 radical (unpaired) electrons. The van der Waals surface area contributed by atoms with Crippen LogP contribution in [0.15, 0.2) is 48.5 Å². The van der Waals surface area contributed by atoms with Crippen LogP contribution in [0.25, 0.3) is 0 Å². The number of morpholine rings is 1. The van der Waals surface area contributed by atoms with Gasteiger partial charge in [-0.25, -0.2) is 0 Å². The van der Waals surface area contributed by atoms with E-state index in [0.717, 1.165) is 24.3 Å². The average Bonchev–Trinajstić information content (AvgIpc) is 2.81. The Kier molecular flexibility index (Phi) is 8.79. The van der Waals surface area contributed by atoms with E-state index in [1.54, 1.807) is 0 Å². The first-order valence-corrected chi connectivity index (χ1v) is 10.9. The lowest BCUT2D eigenvalue weighted by molar-refractivity contribution is -0.138. The summed E-state index contributed by atoms with van der Waals surface area (Å²) in [6.45, 7) is 2.18. The Morgan fingerprint density at radius 2 is 1.74 bits per heavy atom. The molecule has 192 valence electrons. The third-order valence-electron chi connectivity index (χ3n) is 5.62. The molecule has 0 aliphatic carbocycles. The fraction of sp³-hybridized carbons (Fsp3) is 0.458. The summed E-state index contributed by atoms with van der Waals surface area (Å²) < 4.78 is 88.4. The predicted molar refractivity (Wildman–Crippen MR) is 116 cm³/mol.